The minimum Gasteiger partial charge on any atom is -0.508 e. The molecule has 0 aliphatic carbocycles. The van der Waals surface area contributed by atoms with Crippen LogP contribution in [-0.4, -0.2) is 26.9 Å². The van der Waals surface area contributed by atoms with E-state index in [1.54, 1.807) is 37.3 Å². The van der Waals surface area contributed by atoms with Crippen LogP contribution in [0.15, 0.2) is 34.2 Å². The Balaban J connectivity index is 1.82. The van der Waals surface area contributed by atoms with Crippen LogP contribution in [-0.2, 0) is 4.79 Å². The third-order valence-corrected chi connectivity index (χ3v) is 5.21. The first-order valence-corrected chi connectivity index (χ1v) is 8.62. The lowest BCUT2D eigenvalue weighted by molar-refractivity contribution is -0.115. The zero-order valence-corrected chi connectivity index (χ0v) is 14.5. The van der Waals surface area contributed by atoms with Crippen molar-refractivity contribution in [3.63, 3.8) is 0 Å². The minimum absolute atomic E-state index is 0.0486. The van der Waals surface area contributed by atoms with E-state index in [-0.39, 0.29) is 17.4 Å². The van der Waals surface area contributed by atoms with Crippen LogP contribution in [0.1, 0.15) is 27.9 Å². The first-order chi connectivity index (χ1) is 11.4. The summed E-state index contributed by atoms with van der Waals surface area (Å²) in [4.78, 5) is 33.1. The van der Waals surface area contributed by atoms with E-state index in [0.717, 1.165) is 5.56 Å². The summed E-state index contributed by atoms with van der Waals surface area (Å²) in [5.74, 6) is -0.122. The molecule has 1 aliphatic rings. The summed E-state index contributed by atoms with van der Waals surface area (Å²) in [6.07, 6.45) is 1.72. The molecule has 1 amide bonds. The molecule has 1 fully saturated rings. The fraction of sp³-hybridized carbons (Fsp3) is 0.125. The average Bonchev–Trinajstić information content (AvgIpc) is 3.05. The van der Waals surface area contributed by atoms with Crippen LogP contribution in [0, 0.1) is 6.92 Å². The van der Waals surface area contributed by atoms with Crippen LogP contribution in [0.2, 0.25) is 0 Å². The number of phenolic OH excluding ortho intramolecular Hbond substituents is 1. The number of aliphatic imine (C=N–C) groups is 1. The molecule has 24 heavy (non-hydrogen) atoms. The fourth-order valence-corrected chi connectivity index (χ4v) is 3.77. The molecule has 2 N–H and O–H groups in total. The van der Waals surface area contributed by atoms with Crippen LogP contribution < -0.4 is 5.32 Å². The summed E-state index contributed by atoms with van der Waals surface area (Å²) >= 11 is 2.41. The molecule has 0 spiro atoms. The van der Waals surface area contributed by atoms with Crippen molar-refractivity contribution >= 4 is 51.2 Å². The minimum atomic E-state index is -0.244. The molecule has 1 saturated heterocycles. The van der Waals surface area contributed by atoms with Gasteiger partial charge in [-0.3, -0.25) is 9.59 Å². The van der Waals surface area contributed by atoms with Gasteiger partial charge in [0, 0.05) is 6.92 Å². The number of aryl methyl sites for hydroxylation is 1. The van der Waals surface area contributed by atoms with E-state index in [1.807, 2.05) is 0 Å². The zero-order chi connectivity index (χ0) is 17.3. The predicted octanol–water partition coefficient (Wildman–Crippen LogP) is 3.25. The molecule has 1 aromatic heterocycles. The first-order valence-electron chi connectivity index (χ1n) is 6.99. The summed E-state index contributed by atoms with van der Waals surface area (Å²) in [6, 6.07) is 6.55. The number of carbonyl (C=O) groups excluding carboxylic acids is 2. The van der Waals surface area contributed by atoms with E-state index < -0.39 is 0 Å². The molecule has 1 aliphatic heterocycles. The van der Waals surface area contributed by atoms with Crippen molar-refractivity contribution in [1.29, 1.82) is 0 Å². The highest BCUT2D eigenvalue weighted by Gasteiger charge is 2.24. The Hall–Kier alpha value is -2.45. The SMILES string of the molecule is CC(=O)c1sc(/N=C2\NC(=O)/C(=C/c3ccc(O)cc3)S2)nc1C. The number of aromatic nitrogens is 1. The molecule has 8 heteroatoms. The second-order valence-electron chi connectivity index (χ2n) is 5.04. The third kappa shape index (κ3) is 3.55. The number of nitrogens with zero attached hydrogens (tertiary/aromatic N) is 2. The van der Waals surface area contributed by atoms with E-state index in [4.69, 9.17) is 0 Å². The highest BCUT2D eigenvalue weighted by molar-refractivity contribution is 8.18. The van der Waals surface area contributed by atoms with E-state index >= 15 is 0 Å². The largest absolute Gasteiger partial charge is 0.508 e. The molecule has 0 saturated carbocycles. The summed E-state index contributed by atoms with van der Waals surface area (Å²) in [6.45, 7) is 3.25. The monoisotopic (exact) mass is 359 g/mol. The second-order valence-corrected chi connectivity index (χ2v) is 7.05. The predicted molar refractivity (Wildman–Crippen MR) is 95.8 cm³/mol. The van der Waals surface area contributed by atoms with Crippen molar-refractivity contribution in [2.24, 2.45) is 4.99 Å². The Morgan fingerprint density at radius 1 is 1.33 bits per heavy atom. The van der Waals surface area contributed by atoms with Crippen molar-refractivity contribution in [2.75, 3.05) is 0 Å². The Labute approximate surface area is 146 Å². The number of hydrogen-bond donors (Lipinski definition) is 2. The average molecular weight is 359 g/mol. The topological polar surface area (TPSA) is 91.7 Å². The quantitative estimate of drug-likeness (QED) is 0.648. The number of hydrogen-bond acceptors (Lipinski definition) is 7. The Morgan fingerprint density at radius 3 is 2.67 bits per heavy atom. The van der Waals surface area contributed by atoms with Gasteiger partial charge in [-0.1, -0.05) is 23.5 Å². The summed E-state index contributed by atoms with van der Waals surface area (Å²) in [7, 11) is 0. The number of Topliss-reactive ketones (excluding diaryl/α,β-unsaturated/α-hetero) is 1. The fourth-order valence-electron chi connectivity index (χ4n) is 2.05. The molecular weight excluding hydrogens is 346 g/mol. The number of thiazole rings is 1. The van der Waals surface area contributed by atoms with E-state index in [9.17, 15) is 14.7 Å². The van der Waals surface area contributed by atoms with Crippen molar-refractivity contribution in [3.05, 3.63) is 45.3 Å². The highest BCUT2D eigenvalue weighted by Crippen LogP contribution is 2.31. The number of thioether (sulfide) groups is 1. The number of phenols is 1. The van der Waals surface area contributed by atoms with Gasteiger partial charge in [-0.15, -0.1) is 0 Å². The van der Waals surface area contributed by atoms with Gasteiger partial charge in [0.05, 0.1) is 15.5 Å². The molecule has 122 valence electrons. The summed E-state index contributed by atoms with van der Waals surface area (Å²) in [5, 5.41) is 12.8. The van der Waals surface area contributed by atoms with Gasteiger partial charge < -0.3 is 10.4 Å². The Bertz CT molecular complexity index is 882. The van der Waals surface area contributed by atoms with Crippen molar-refractivity contribution in [3.8, 4) is 5.75 Å². The Kier molecular flexibility index (Phi) is 4.50. The van der Waals surface area contributed by atoms with Gasteiger partial charge >= 0.3 is 0 Å². The third-order valence-electron chi connectivity index (χ3n) is 3.14. The van der Waals surface area contributed by atoms with Gasteiger partial charge in [-0.05, 0) is 42.5 Å². The van der Waals surface area contributed by atoms with Crippen LogP contribution >= 0.6 is 23.1 Å². The molecule has 1 aromatic carbocycles. The zero-order valence-electron chi connectivity index (χ0n) is 12.9. The summed E-state index contributed by atoms with van der Waals surface area (Å²) in [5.41, 5.74) is 1.44. The lowest BCUT2D eigenvalue weighted by Gasteiger charge is -1.95. The molecule has 6 nitrogen and oxygen atoms in total. The highest BCUT2D eigenvalue weighted by atomic mass is 32.2. The number of aromatic hydroxyl groups is 1. The maximum Gasteiger partial charge on any atom is 0.264 e. The van der Waals surface area contributed by atoms with Gasteiger partial charge in [-0.25, -0.2) is 4.98 Å². The molecule has 3 rings (SSSR count). The molecule has 0 atom stereocenters. The van der Waals surface area contributed by atoms with Crippen molar-refractivity contribution in [1.82, 2.24) is 10.3 Å². The standard InChI is InChI=1S/C16H13N3O3S2/c1-8-13(9(2)20)24-15(17-8)19-16-18-14(22)12(23-16)7-10-3-5-11(21)6-4-10/h3-7,21H,1-2H3,(H,17,18,19,22)/b12-7-. The van der Waals surface area contributed by atoms with Gasteiger partial charge in [-0.2, -0.15) is 4.99 Å². The van der Waals surface area contributed by atoms with E-state index in [2.05, 4.69) is 15.3 Å². The van der Waals surface area contributed by atoms with Crippen LogP contribution in [0.25, 0.3) is 6.08 Å². The summed E-state index contributed by atoms with van der Waals surface area (Å²) < 4.78 is 0. The smallest absolute Gasteiger partial charge is 0.264 e. The number of amides is 1. The van der Waals surface area contributed by atoms with Crippen LogP contribution in [0.5, 0.6) is 5.75 Å². The number of ketones is 1. The number of amidine groups is 1. The molecular formula is C16H13N3O3S2. The molecule has 2 aromatic rings. The van der Waals surface area contributed by atoms with Gasteiger partial charge in [0.2, 0.25) is 5.13 Å². The Morgan fingerprint density at radius 2 is 2.04 bits per heavy atom. The molecule has 0 bridgehead atoms. The van der Waals surface area contributed by atoms with E-state index in [0.29, 0.717) is 25.8 Å². The van der Waals surface area contributed by atoms with Gasteiger partial charge in [0.15, 0.2) is 11.0 Å². The van der Waals surface area contributed by atoms with Gasteiger partial charge in [0.1, 0.15) is 5.75 Å². The lowest BCUT2D eigenvalue weighted by Crippen LogP contribution is -2.19. The lowest BCUT2D eigenvalue weighted by atomic mass is 10.2. The second kappa shape index (κ2) is 6.58. The molecule has 0 unspecified atom stereocenters. The van der Waals surface area contributed by atoms with Crippen molar-refractivity contribution < 1.29 is 14.7 Å². The van der Waals surface area contributed by atoms with Crippen LogP contribution in [0.4, 0.5) is 5.13 Å². The number of rotatable bonds is 3. The maximum absolute atomic E-state index is 12.0. The number of carbonyl (C=O) groups is 2. The molecule has 2 heterocycles. The number of benzene rings is 1. The first kappa shape index (κ1) is 16.4. The molecule has 0 radical (unpaired) electrons. The maximum atomic E-state index is 12.0. The van der Waals surface area contributed by atoms with E-state index in [1.165, 1.54) is 30.0 Å². The van der Waals surface area contributed by atoms with Crippen LogP contribution in [0.3, 0.4) is 0 Å². The van der Waals surface area contributed by atoms with Crippen molar-refractivity contribution in [2.45, 2.75) is 13.8 Å². The van der Waals surface area contributed by atoms with Gasteiger partial charge in [0.25, 0.3) is 5.91 Å². The normalized spacial score (nSPS) is 17.5. The number of nitrogens with one attached hydrogen (secondary N) is 1.